The molecule has 0 aliphatic carbocycles. The SMILES string of the molecule is CCN1CCC(CNCCC(=O)OC(C)(C)C)CC1. The van der Waals surface area contributed by atoms with E-state index in [0.29, 0.717) is 6.42 Å². The minimum atomic E-state index is -0.371. The van der Waals surface area contributed by atoms with Crippen molar-refractivity contribution in [3.63, 3.8) is 0 Å². The number of likely N-dealkylation sites (tertiary alicyclic amines) is 1. The molecule has 1 saturated heterocycles. The fourth-order valence-electron chi connectivity index (χ4n) is 2.40. The van der Waals surface area contributed by atoms with Crippen molar-refractivity contribution in [2.24, 2.45) is 5.92 Å². The first-order chi connectivity index (χ1) is 8.90. The molecular weight excluding hydrogens is 240 g/mol. The van der Waals surface area contributed by atoms with Crippen LogP contribution in [0, 0.1) is 5.92 Å². The average Bonchev–Trinajstić information content (AvgIpc) is 2.33. The topological polar surface area (TPSA) is 41.6 Å². The van der Waals surface area contributed by atoms with Crippen LogP contribution >= 0.6 is 0 Å². The summed E-state index contributed by atoms with van der Waals surface area (Å²) in [6.07, 6.45) is 3.01. The average molecular weight is 270 g/mol. The summed E-state index contributed by atoms with van der Waals surface area (Å²) in [4.78, 5) is 14.0. The van der Waals surface area contributed by atoms with Crippen molar-refractivity contribution in [3.05, 3.63) is 0 Å². The Morgan fingerprint density at radius 1 is 1.32 bits per heavy atom. The largest absolute Gasteiger partial charge is 0.460 e. The number of rotatable bonds is 6. The summed E-state index contributed by atoms with van der Waals surface area (Å²) in [5, 5.41) is 3.39. The fourth-order valence-corrected chi connectivity index (χ4v) is 2.40. The number of hydrogen-bond donors (Lipinski definition) is 1. The summed E-state index contributed by atoms with van der Waals surface area (Å²) in [5.41, 5.74) is -0.371. The molecule has 0 aromatic rings. The number of piperidine rings is 1. The molecule has 0 aromatic heterocycles. The molecule has 4 nitrogen and oxygen atoms in total. The first kappa shape index (κ1) is 16.4. The Hall–Kier alpha value is -0.610. The van der Waals surface area contributed by atoms with E-state index in [0.717, 1.165) is 19.0 Å². The Balaban J connectivity index is 2.04. The van der Waals surface area contributed by atoms with Crippen LogP contribution in [0.25, 0.3) is 0 Å². The summed E-state index contributed by atoms with van der Waals surface area (Å²) in [6, 6.07) is 0. The van der Waals surface area contributed by atoms with E-state index in [2.05, 4.69) is 17.1 Å². The zero-order valence-electron chi connectivity index (χ0n) is 13.0. The molecule has 1 aliphatic heterocycles. The van der Waals surface area contributed by atoms with Crippen molar-refractivity contribution in [3.8, 4) is 0 Å². The van der Waals surface area contributed by atoms with Crippen molar-refractivity contribution < 1.29 is 9.53 Å². The molecule has 1 fully saturated rings. The fraction of sp³-hybridized carbons (Fsp3) is 0.933. The molecule has 1 rings (SSSR count). The van der Waals surface area contributed by atoms with Crippen LogP contribution in [0.5, 0.6) is 0 Å². The van der Waals surface area contributed by atoms with E-state index in [1.165, 1.54) is 32.5 Å². The van der Waals surface area contributed by atoms with Gasteiger partial charge in [0.1, 0.15) is 5.60 Å². The quantitative estimate of drug-likeness (QED) is 0.592. The highest BCUT2D eigenvalue weighted by Gasteiger charge is 2.18. The van der Waals surface area contributed by atoms with Crippen molar-refractivity contribution in [1.29, 1.82) is 0 Å². The van der Waals surface area contributed by atoms with Gasteiger partial charge < -0.3 is 15.0 Å². The molecule has 1 heterocycles. The number of ether oxygens (including phenoxy) is 1. The van der Waals surface area contributed by atoms with Gasteiger partial charge in [0.25, 0.3) is 0 Å². The number of esters is 1. The molecule has 0 spiro atoms. The van der Waals surface area contributed by atoms with E-state index >= 15 is 0 Å². The third-order valence-electron chi connectivity index (χ3n) is 3.51. The first-order valence-electron chi connectivity index (χ1n) is 7.55. The third kappa shape index (κ3) is 7.53. The predicted octanol–water partition coefficient (Wildman–Crippen LogP) is 2.04. The minimum absolute atomic E-state index is 0.110. The van der Waals surface area contributed by atoms with Crippen LogP contribution in [0.15, 0.2) is 0 Å². The van der Waals surface area contributed by atoms with Gasteiger partial charge in [0.2, 0.25) is 0 Å². The molecule has 0 bridgehead atoms. The molecule has 0 aromatic carbocycles. The number of hydrogen-bond acceptors (Lipinski definition) is 4. The molecule has 1 N–H and O–H groups in total. The lowest BCUT2D eigenvalue weighted by Crippen LogP contribution is -2.37. The Morgan fingerprint density at radius 3 is 2.47 bits per heavy atom. The number of carbonyl (C=O) groups is 1. The van der Waals surface area contributed by atoms with Crippen molar-refractivity contribution in [1.82, 2.24) is 10.2 Å². The van der Waals surface area contributed by atoms with Gasteiger partial charge in [0.15, 0.2) is 0 Å². The van der Waals surface area contributed by atoms with Crippen molar-refractivity contribution in [2.75, 3.05) is 32.7 Å². The molecule has 0 unspecified atom stereocenters. The highest BCUT2D eigenvalue weighted by Crippen LogP contribution is 2.15. The maximum atomic E-state index is 11.5. The highest BCUT2D eigenvalue weighted by atomic mass is 16.6. The van der Waals surface area contributed by atoms with Gasteiger partial charge in [-0.25, -0.2) is 0 Å². The lowest BCUT2D eigenvalue weighted by Gasteiger charge is -2.31. The van der Waals surface area contributed by atoms with Gasteiger partial charge in [0, 0.05) is 6.54 Å². The monoisotopic (exact) mass is 270 g/mol. The van der Waals surface area contributed by atoms with Crippen LogP contribution in [-0.2, 0) is 9.53 Å². The van der Waals surface area contributed by atoms with Gasteiger partial charge in [-0.05, 0) is 65.7 Å². The zero-order chi connectivity index (χ0) is 14.3. The maximum absolute atomic E-state index is 11.5. The summed E-state index contributed by atoms with van der Waals surface area (Å²) >= 11 is 0. The molecule has 0 saturated carbocycles. The van der Waals surface area contributed by atoms with Crippen LogP contribution in [0.2, 0.25) is 0 Å². The van der Waals surface area contributed by atoms with E-state index < -0.39 is 0 Å². The van der Waals surface area contributed by atoms with Gasteiger partial charge >= 0.3 is 5.97 Å². The molecule has 0 amide bonds. The Kier molecular flexibility index (Phi) is 6.80. The van der Waals surface area contributed by atoms with E-state index in [-0.39, 0.29) is 11.6 Å². The Morgan fingerprint density at radius 2 is 1.95 bits per heavy atom. The van der Waals surface area contributed by atoms with Crippen LogP contribution < -0.4 is 5.32 Å². The smallest absolute Gasteiger partial charge is 0.307 e. The van der Waals surface area contributed by atoms with E-state index in [9.17, 15) is 4.79 Å². The number of nitrogens with zero attached hydrogens (tertiary/aromatic N) is 1. The van der Waals surface area contributed by atoms with Crippen LogP contribution in [0.4, 0.5) is 0 Å². The third-order valence-corrected chi connectivity index (χ3v) is 3.51. The van der Waals surface area contributed by atoms with E-state index in [1.54, 1.807) is 0 Å². The van der Waals surface area contributed by atoms with Gasteiger partial charge in [-0.15, -0.1) is 0 Å². The summed E-state index contributed by atoms with van der Waals surface area (Å²) in [5.74, 6) is 0.655. The van der Waals surface area contributed by atoms with Gasteiger partial charge in [-0.1, -0.05) is 6.92 Å². The summed E-state index contributed by atoms with van der Waals surface area (Å²) in [6.45, 7) is 13.3. The molecule has 0 atom stereocenters. The number of carbonyl (C=O) groups excluding carboxylic acids is 1. The van der Waals surface area contributed by atoms with E-state index in [1.807, 2.05) is 20.8 Å². The standard InChI is InChI=1S/C15H30N2O2/c1-5-17-10-7-13(8-11-17)12-16-9-6-14(18)19-15(2,3)4/h13,16H,5-12H2,1-4H3. The zero-order valence-corrected chi connectivity index (χ0v) is 13.0. The summed E-state index contributed by atoms with van der Waals surface area (Å²) < 4.78 is 5.27. The Bertz CT molecular complexity index is 266. The molecule has 4 heteroatoms. The minimum Gasteiger partial charge on any atom is -0.460 e. The second kappa shape index (κ2) is 7.85. The van der Waals surface area contributed by atoms with Crippen LogP contribution in [-0.4, -0.2) is 49.2 Å². The lowest BCUT2D eigenvalue weighted by molar-refractivity contribution is -0.154. The summed E-state index contributed by atoms with van der Waals surface area (Å²) in [7, 11) is 0. The molecular formula is C15H30N2O2. The van der Waals surface area contributed by atoms with Crippen LogP contribution in [0.3, 0.4) is 0 Å². The molecule has 19 heavy (non-hydrogen) atoms. The Labute approximate surface area is 117 Å². The van der Waals surface area contributed by atoms with Crippen molar-refractivity contribution in [2.45, 2.75) is 52.6 Å². The van der Waals surface area contributed by atoms with Gasteiger partial charge in [-0.3, -0.25) is 4.79 Å². The van der Waals surface area contributed by atoms with E-state index in [4.69, 9.17) is 4.74 Å². The second-order valence-corrected chi connectivity index (χ2v) is 6.42. The van der Waals surface area contributed by atoms with Crippen LogP contribution in [0.1, 0.15) is 47.0 Å². The number of nitrogens with one attached hydrogen (secondary N) is 1. The molecule has 1 aliphatic rings. The molecule has 112 valence electrons. The normalized spacial score (nSPS) is 18.5. The second-order valence-electron chi connectivity index (χ2n) is 6.42. The molecule has 0 radical (unpaired) electrons. The lowest BCUT2D eigenvalue weighted by atomic mass is 9.97. The highest BCUT2D eigenvalue weighted by molar-refractivity contribution is 5.70. The maximum Gasteiger partial charge on any atom is 0.307 e. The first-order valence-corrected chi connectivity index (χ1v) is 7.55. The van der Waals surface area contributed by atoms with Crippen molar-refractivity contribution >= 4 is 5.97 Å². The van der Waals surface area contributed by atoms with Gasteiger partial charge in [0.05, 0.1) is 6.42 Å². The van der Waals surface area contributed by atoms with Gasteiger partial charge in [-0.2, -0.15) is 0 Å². The predicted molar refractivity (Wildman–Crippen MR) is 78.2 cm³/mol.